The molecule has 1 unspecified atom stereocenters. The molecule has 2 aliphatic rings. The molecule has 184 valence electrons. The zero-order valence-corrected chi connectivity index (χ0v) is 20.9. The number of anilines is 1. The first-order valence-electron chi connectivity index (χ1n) is 11.7. The van der Waals surface area contributed by atoms with Crippen LogP contribution in [0.4, 0.5) is 5.82 Å². The van der Waals surface area contributed by atoms with E-state index in [0.717, 1.165) is 5.56 Å². The number of sulfonamides is 1. The summed E-state index contributed by atoms with van der Waals surface area (Å²) in [7, 11) is -3.80. The first-order chi connectivity index (χ1) is 16.1. The number of amides is 2. The Morgan fingerprint density at radius 1 is 1.00 bits per heavy atom. The normalized spacial score (nSPS) is 20.0. The van der Waals surface area contributed by atoms with Crippen molar-refractivity contribution >= 4 is 27.7 Å². The van der Waals surface area contributed by atoms with Gasteiger partial charge in [0, 0.05) is 31.6 Å². The van der Waals surface area contributed by atoms with Crippen LogP contribution in [0.5, 0.6) is 0 Å². The summed E-state index contributed by atoms with van der Waals surface area (Å²) in [6.45, 7) is 8.47. The number of rotatable bonds is 5. The first kappa shape index (κ1) is 24.4. The highest BCUT2D eigenvalue weighted by Crippen LogP contribution is 2.32. The molecule has 1 aromatic heterocycles. The number of hydrogen-bond donors (Lipinski definition) is 1. The van der Waals surface area contributed by atoms with Crippen LogP contribution in [0.3, 0.4) is 0 Å². The maximum atomic E-state index is 13.6. The highest BCUT2D eigenvalue weighted by Gasteiger charge is 2.43. The number of benzene rings is 1. The Labute approximate surface area is 200 Å². The van der Waals surface area contributed by atoms with Crippen LogP contribution < -0.4 is 5.32 Å². The fourth-order valence-corrected chi connectivity index (χ4v) is 7.26. The molecule has 34 heavy (non-hydrogen) atoms. The maximum Gasteiger partial charge on any atom is 0.244 e. The van der Waals surface area contributed by atoms with Gasteiger partial charge in [0.15, 0.2) is 5.82 Å². The number of aryl methyl sites for hydroxylation is 4. The second-order valence-electron chi connectivity index (χ2n) is 9.41. The van der Waals surface area contributed by atoms with E-state index in [1.165, 1.54) is 4.31 Å². The lowest BCUT2D eigenvalue weighted by Gasteiger charge is -2.35. The molecule has 0 aliphatic carbocycles. The fraction of sp³-hybridized carbons (Fsp3) is 0.542. The third kappa shape index (κ3) is 4.74. The molecule has 9 nitrogen and oxygen atoms in total. The molecule has 4 rings (SSSR count). The number of piperidine rings is 1. The Bertz CT molecular complexity index is 1170. The van der Waals surface area contributed by atoms with E-state index in [1.54, 1.807) is 31.7 Å². The van der Waals surface area contributed by atoms with Crippen molar-refractivity contribution in [3.05, 3.63) is 40.6 Å². The van der Waals surface area contributed by atoms with Gasteiger partial charge < -0.3 is 14.7 Å². The number of carbonyl (C=O) groups excluding carboxylic acids is 2. The molecule has 0 saturated carbocycles. The zero-order valence-electron chi connectivity index (χ0n) is 20.1. The molecule has 3 heterocycles. The number of hydrogen-bond acceptors (Lipinski definition) is 6. The van der Waals surface area contributed by atoms with Crippen molar-refractivity contribution in [1.29, 1.82) is 0 Å². The molecule has 2 fully saturated rings. The highest BCUT2D eigenvalue weighted by molar-refractivity contribution is 7.89. The van der Waals surface area contributed by atoms with E-state index in [4.69, 9.17) is 4.52 Å². The van der Waals surface area contributed by atoms with E-state index < -0.39 is 16.1 Å². The Morgan fingerprint density at radius 3 is 2.24 bits per heavy atom. The standard InChI is InChI=1S/C24H32N4O5S/c1-15-12-16(2)22(17(3)13-15)34(31,32)28-9-5-6-20(28)24(30)27-10-7-19(8-11-27)23(29)25-21-14-18(4)33-26-21/h12-14,19-20H,5-11H2,1-4H3,(H,25,26,29). The quantitative estimate of drug-likeness (QED) is 0.692. The van der Waals surface area contributed by atoms with Gasteiger partial charge in [-0.1, -0.05) is 22.9 Å². The predicted octanol–water partition coefficient (Wildman–Crippen LogP) is 2.94. The summed E-state index contributed by atoms with van der Waals surface area (Å²) in [6.07, 6.45) is 2.19. The summed E-state index contributed by atoms with van der Waals surface area (Å²) in [4.78, 5) is 27.9. The Kier molecular flexibility index (Phi) is 6.82. The van der Waals surface area contributed by atoms with Gasteiger partial charge in [-0.25, -0.2) is 8.42 Å². The largest absolute Gasteiger partial charge is 0.360 e. The minimum atomic E-state index is -3.80. The lowest BCUT2D eigenvalue weighted by atomic mass is 9.95. The van der Waals surface area contributed by atoms with Crippen LogP contribution in [0, 0.1) is 33.6 Å². The van der Waals surface area contributed by atoms with Crippen molar-refractivity contribution in [3.8, 4) is 0 Å². The molecule has 2 amide bonds. The molecule has 10 heteroatoms. The molecular formula is C24H32N4O5S. The van der Waals surface area contributed by atoms with Gasteiger partial charge in [-0.05, 0) is 64.5 Å². The van der Waals surface area contributed by atoms with Gasteiger partial charge in [0.1, 0.15) is 11.8 Å². The minimum absolute atomic E-state index is 0.143. The number of nitrogens with zero attached hydrogens (tertiary/aromatic N) is 3. The Morgan fingerprint density at radius 2 is 1.65 bits per heavy atom. The van der Waals surface area contributed by atoms with Gasteiger partial charge in [0.2, 0.25) is 21.8 Å². The SMILES string of the molecule is Cc1cc(C)c(S(=O)(=O)N2CCCC2C(=O)N2CCC(C(=O)Nc3cc(C)on3)CC2)c(C)c1. The molecule has 1 aromatic carbocycles. The number of likely N-dealkylation sites (tertiary alicyclic amines) is 1. The van der Waals surface area contributed by atoms with Crippen molar-refractivity contribution in [2.75, 3.05) is 25.0 Å². The topological polar surface area (TPSA) is 113 Å². The van der Waals surface area contributed by atoms with Gasteiger partial charge in [0.05, 0.1) is 4.90 Å². The van der Waals surface area contributed by atoms with Crippen LogP contribution in [-0.2, 0) is 19.6 Å². The molecule has 2 aliphatic heterocycles. The van der Waals surface area contributed by atoms with Gasteiger partial charge >= 0.3 is 0 Å². The van der Waals surface area contributed by atoms with Crippen molar-refractivity contribution in [2.45, 2.75) is 64.3 Å². The molecule has 1 atom stereocenters. The summed E-state index contributed by atoms with van der Waals surface area (Å²) in [5.74, 6) is 0.449. The Hall–Kier alpha value is -2.72. The van der Waals surface area contributed by atoms with Crippen molar-refractivity contribution in [1.82, 2.24) is 14.4 Å². The summed E-state index contributed by atoms with van der Waals surface area (Å²) in [5.41, 5.74) is 2.41. The summed E-state index contributed by atoms with van der Waals surface area (Å²) in [6, 6.07) is 4.68. The second kappa shape index (κ2) is 9.50. The summed E-state index contributed by atoms with van der Waals surface area (Å²) < 4.78 is 33.5. The fourth-order valence-electron chi connectivity index (χ4n) is 5.19. The smallest absolute Gasteiger partial charge is 0.244 e. The minimum Gasteiger partial charge on any atom is -0.360 e. The van der Waals surface area contributed by atoms with Crippen LogP contribution in [-0.4, -0.2) is 60.3 Å². The van der Waals surface area contributed by atoms with Crippen LogP contribution in [0.2, 0.25) is 0 Å². The van der Waals surface area contributed by atoms with Crippen LogP contribution >= 0.6 is 0 Å². The van der Waals surface area contributed by atoms with E-state index in [-0.39, 0.29) is 17.7 Å². The molecule has 2 aromatic rings. The zero-order chi connectivity index (χ0) is 24.6. The van der Waals surface area contributed by atoms with E-state index in [0.29, 0.717) is 72.9 Å². The summed E-state index contributed by atoms with van der Waals surface area (Å²) >= 11 is 0. The third-order valence-corrected chi connectivity index (χ3v) is 8.93. The second-order valence-corrected chi connectivity index (χ2v) is 11.2. The van der Waals surface area contributed by atoms with Gasteiger partial charge in [-0.2, -0.15) is 4.31 Å². The van der Waals surface area contributed by atoms with Gasteiger partial charge in [-0.15, -0.1) is 0 Å². The highest BCUT2D eigenvalue weighted by atomic mass is 32.2. The van der Waals surface area contributed by atoms with Gasteiger partial charge in [0.25, 0.3) is 0 Å². The molecule has 2 saturated heterocycles. The van der Waals surface area contributed by atoms with E-state index in [2.05, 4.69) is 10.5 Å². The van der Waals surface area contributed by atoms with Crippen LogP contribution in [0.15, 0.2) is 27.6 Å². The average Bonchev–Trinajstić information content (AvgIpc) is 3.42. The summed E-state index contributed by atoms with van der Waals surface area (Å²) in [5, 5.41) is 6.54. The lowest BCUT2D eigenvalue weighted by molar-refractivity contribution is -0.137. The molecular weight excluding hydrogens is 456 g/mol. The van der Waals surface area contributed by atoms with Crippen molar-refractivity contribution < 1.29 is 22.5 Å². The maximum absolute atomic E-state index is 13.6. The third-order valence-electron chi connectivity index (χ3n) is 6.72. The van der Waals surface area contributed by atoms with Crippen molar-refractivity contribution in [3.63, 3.8) is 0 Å². The molecule has 0 radical (unpaired) electrons. The van der Waals surface area contributed by atoms with E-state index in [9.17, 15) is 18.0 Å². The molecule has 1 N–H and O–H groups in total. The average molecular weight is 489 g/mol. The predicted molar refractivity (Wildman–Crippen MR) is 127 cm³/mol. The van der Waals surface area contributed by atoms with E-state index >= 15 is 0 Å². The van der Waals surface area contributed by atoms with Gasteiger partial charge in [-0.3, -0.25) is 9.59 Å². The number of aromatic nitrogens is 1. The Balaban J connectivity index is 1.43. The number of nitrogens with one attached hydrogen (secondary N) is 1. The molecule has 0 spiro atoms. The van der Waals surface area contributed by atoms with E-state index in [1.807, 2.05) is 19.1 Å². The number of carbonyl (C=O) groups is 2. The first-order valence-corrected chi connectivity index (χ1v) is 13.1. The monoisotopic (exact) mass is 488 g/mol. The van der Waals surface area contributed by atoms with Crippen LogP contribution in [0.25, 0.3) is 0 Å². The lowest BCUT2D eigenvalue weighted by Crippen LogP contribution is -2.50. The molecule has 0 bridgehead atoms. The van der Waals surface area contributed by atoms with Crippen molar-refractivity contribution in [2.24, 2.45) is 5.92 Å². The van der Waals surface area contributed by atoms with Crippen LogP contribution in [0.1, 0.15) is 48.1 Å².